The van der Waals surface area contributed by atoms with Gasteiger partial charge in [0.25, 0.3) is 11.5 Å². The summed E-state index contributed by atoms with van der Waals surface area (Å²) in [6.45, 7) is 5.02. The van der Waals surface area contributed by atoms with Crippen molar-refractivity contribution in [3.63, 3.8) is 0 Å². The summed E-state index contributed by atoms with van der Waals surface area (Å²) in [5, 5.41) is 4.07. The van der Waals surface area contributed by atoms with Gasteiger partial charge in [-0.1, -0.05) is 90.2 Å². The third-order valence-electron chi connectivity index (χ3n) is 8.11. The number of hydrogen-bond donors (Lipinski definition) is 1. The van der Waals surface area contributed by atoms with E-state index < -0.39 is 6.04 Å². The number of thiazole rings is 1. The quantitative estimate of drug-likeness (QED) is 0.217. The van der Waals surface area contributed by atoms with Gasteiger partial charge < -0.3 is 14.6 Å². The summed E-state index contributed by atoms with van der Waals surface area (Å²) in [6.07, 6.45) is 4.05. The van der Waals surface area contributed by atoms with Crippen LogP contribution in [-0.2, 0) is 11.3 Å². The van der Waals surface area contributed by atoms with Gasteiger partial charge in [0.2, 0.25) is 0 Å². The zero-order valence-electron chi connectivity index (χ0n) is 25.5. The smallest absolute Gasteiger partial charge is 0.271 e. The van der Waals surface area contributed by atoms with Gasteiger partial charge in [0.05, 0.1) is 28.5 Å². The molecule has 7 nitrogen and oxygen atoms in total. The van der Waals surface area contributed by atoms with Crippen LogP contribution in [0.25, 0.3) is 17.0 Å². The lowest BCUT2D eigenvalue weighted by molar-refractivity contribution is -0.113. The molecule has 46 heavy (non-hydrogen) atoms. The number of ether oxygens (including phenoxy) is 1. The van der Waals surface area contributed by atoms with Crippen LogP contribution in [-0.4, -0.2) is 21.6 Å². The van der Waals surface area contributed by atoms with E-state index in [1.54, 1.807) is 4.57 Å². The Hall–Kier alpha value is -5.47. The van der Waals surface area contributed by atoms with Gasteiger partial charge in [0, 0.05) is 34.9 Å². The van der Waals surface area contributed by atoms with Crippen molar-refractivity contribution in [1.82, 2.24) is 9.13 Å². The van der Waals surface area contributed by atoms with Gasteiger partial charge in [-0.05, 0) is 61.4 Å². The maximum absolute atomic E-state index is 14.3. The van der Waals surface area contributed by atoms with Crippen LogP contribution in [0.1, 0.15) is 36.6 Å². The number of carbonyl (C=O) groups is 1. The molecule has 4 aromatic carbocycles. The Labute approximate surface area is 270 Å². The first kappa shape index (κ1) is 29.3. The maximum atomic E-state index is 14.3. The predicted molar refractivity (Wildman–Crippen MR) is 184 cm³/mol. The Bertz CT molecular complexity index is 2260. The molecule has 7 rings (SSSR count). The minimum atomic E-state index is -0.669. The number of allylic oxidation sites excluding steroid dienone is 1. The van der Waals surface area contributed by atoms with Crippen LogP contribution in [0.15, 0.2) is 136 Å². The highest BCUT2D eigenvalue weighted by molar-refractivity contribution is 7.07. The van der Waals surface area contributed by atoms with Crippen LogP contribution in [0.2, 0.25) is 0 Å². The van der Waals surface area contributed by atoms with Crippen LogP contribution in [0.3, 0.4) is 0 Å². The average Bonchev–Trinajstić information content (AvgIpc) is 3.57. The molecule has 0 fully saturated rings. The van der Waals surface area contributed by atoms with Crippen molar-refractivity contribution >= 4 is 39.9 Å². The molecule has 1 atom stereocenters. The van der Waals surface area contributed by atoms with E-state index in [1.807, 2.05) is 105 Å². The topological polar surface area (TPSA) is 77.6 Å². The molecule has 0 bridgehead atoms. The van der Waals surface area contributed by atoms with E-state index in [1.165, 1.54) is 16.9 Å². The van der Waals surface area contributed by atoms with Gasteiger partial charge in [-0.25, -0.2) is 4.99 Å². The Morgan fingerprint density at radius 1 is 0.935 bits per heavy atom. The number of fused-ring (bicyclic) bond motifs is 2. The van der Waals surface area contributed by atoms with E-state index in [0.29, 0.717) is 39.4 Å². The Kier molecular flexibility index (Phi) is 7.95. The van der Waals surface area contributed by atoms with Crippen molar-refractivity contribution in [3.05, 3.63) is 163 Å². The van der Waals surface area contributed by atoms with Crippen molar-refractivity contribution in [2.24, 2.45) is 4.99 Å². The highest BCUT2D eigenvalue weighted by Gasteiger charge is 2.32. The molecule has 1 N–H and O–H groups in total. The van der Waals surface area contributed by atoms with Crippen molar-refractivity contribution in [2.45, 2.75) is 26.4 Å². The van der Waals surface area contributed by atoms with Crippen LogP contribution < -0.4 is 24.9 Å². The second-order valence-corrected chi connectivity index (χ2v) is 12.1. The van der Waals surface area contributed by atoms with Crippen molar-refractivity contribution in [1.29, 1.82) is 0 Å². The average molecular weight is 625 g/mol. The standard InChI is InChI=1S/C38H32N4O3S/c1-3-45-30-20-18-27(19-21-30)35-34(36(43)40-29-14-8-5-9-15-29)25(2)39-38-42(35)37(44)33(46-38)22-28-24-41(23-26-12-6-4-7-13-26)32-17-11-10-16-31(28)32/h4-22,24,35H,3,23H2,1-2H3,(H,40,43)/b33-22-/t35-/m0/s1. The maximum Gasteiger partial charge on any atom is 0.271 e. The number of rotatable bonds is 8. The predicted octanol–water partition coefficient (Wildman–Crippen LogP) is 6.28. The number of hydrogen-bond acceptors (Lipinski definition) is 5. The molecule has 8 heteroatoms. The monoisotopic (exact) mass is 624 g/mol. The molecule has 0 unspecified atom stereocenters. The number of anilines is 1. The summed E-state index contributed by atoms with van der Waals surface area (Å²) in [5.74, 6) is 0.422. The lowest BCUT2D eigenvalue weighted by Crippen LogP contribution is -2.40. The number of nitrogens with zero attached hydrogens (tertiary/aromatic N) is 3. The number of carbonyl (C=O) groups excluding carboxylic acids is 1. The summed E-state index contributed by atoms with van der Waals surface area (Å²) in [5.41, 5.74) is 5.50. The van der Waals surface area contributed by atoms with Crippen molar-refractivity contribution < 1.29 is 9.53 Å². The van der Waals surface area contributed by atoms with E-state index in [0.717, 1.165) is 27.8 Å². The van der Waals surface area contributed by atoms with Gasteiger partial charge in [0.15, 0.2) is 4.80 Å². The molecule has 0 saturated carbocycles. The molecule has 3 heterocycles. The molecule has 1 amide bonds. The Balaban J connectivity index is 1.35. The fourth-order valence-corrected chi connectivity index (χ4v) is 7.04. The number of benzene rings is 4. The normalized spacial score (nSPS) is 14.7. The zero-order chi connectivity index (χ0) is 31.6. The summed E-state index contributed by atoms with van der Waals surface area (Å²) in [4.78, 5) is 33.6. The molecule has 1 aliphatic heterocycles. The fraction of sp³-hybridized carbons (Fsp3) is 0.132. The van der Waals surface area contributed by atoms with Crippen molar-refractivity contribution in [3.8, 4) is 5.75 Å². The van der Waals surface area contributed by atoms with Crippen LogP contribution in [0.4, 0.5) is 5.69 Å². The summed E-state index contributed by atoms with van der Waals surface area (Å²) in [6, 6.07) is 34.8. The van der Waals surface area contributed by atoms with E-state index in [4.69, 9.17) is 9.73 Å². The van der Waals surface area contributed by atoms with Gasteiger partial charge in [-0.15, -0.1) is 0 Å². The number of amides is 1. The highest BCUT2D eigenvalue weighted by atomic mass is 32.1. The van der Waals surface area contributed by atoms with E-state index in [9.17, 15) is 9.59 Å². The highest BCUT2D eigenvalue weighted by Crippen LogP contribution is 2.32. The summed E-state index contributed by atoms with van der Waals surface area (Å²) >= 11 is 1.34. The van der Waals surface area contributed by atoms with Crippen molar-refractivity contribution in [2.75, 3.05) is 11.9 Å². The minimum Gasteiger partial charge on any atom is -0.494 e. The minimum absolute atomic E-state index is 0.194. The van der Waals surface area contributed by atoms with E-state index >= 15 is 0 Å². The lowest BCUT2D eigenvalue weighted by Gasteiger charge is -2.25. The largest absolute Gasteiger partial charge is 0.494 e. The van der Waals surface area contributed by atoms with Crippen LogP contribution in [0.5, 0.6) is 5.75 Å². The zero-order valence-corrected chi connectivity index (χ0v) is 26.3. The first-order valence-electron chi connectivity index (χ1n) is 15.2. The van der Waals surface area contributed by atoms with Gasteiger partial charge in [-0.3, -0.25) is 14.2 Å². The van der Waals surface area contributed by atoms with E-state index in [2.05, 4.69) is 40.3 Å². The molecule has 1 aliphatic rings. The molecule has 0 spiro atoms. The number of para-hydroxylation sites is 2. The molecule has 0 radical (unpaired) electrons. The molecule has 228 valence electrons. The first-order chi connectivity index (χ1) is 22.5. The van der Waals surface area contributed by atoms with Gasteiger partial charge >= 0.3 is 0 Å². The molecule has 0 aliphatic carbocycles. The SMILES string of the molecule is CCOc1ccc([C@H]2C(C(=O)Nc3ccccc3)=C(C)N=c3s/c(=C\c4cn(Cc5ccccc5)c5ccccc45)c(=O)n32)cc1. The van der Waals surface area contributed by atoms with Crippen LogP contribution in [0, 0.1) is 0 Å². The fourth-order valence-electron chi connectivity index (χ4n) is 6.00. The van der Waals surface area contributed by atoms with Gasteiger partial charge in [0.1, 0.15) is 5.75 Å². The molecule has 2 aromatic heterocycles. The lowest BCUT2D eigenvalue weighted by atomic mass is 9.95. The van der Waals surface area contributed by atoms with Crippen LogP contribution >= 0.6 is 11.3 Å². The Morgan fingerprint density at radius 3 is 2.37 bits per heavy atom. The second kappa shape index (κ2) is 12.5. The third kappa shape index (κ3) is 5.59. The molecule has 6 aromatic rings. The molecular formula is C38H32N4O3S. The summed E-state index contributed by atoms with van der Waals surface area (Å²) < 4.78 is 10.1. The number of aromatic nitrogens is 2. The molecule has 0 saturated heterocycles. The van der Waals surface area contributed by atoms with E-state index in [-0.39, 0.29) is 11.5 Å². The first-order valence-corrected chi connectivity index (χ1v) is 16.1. The molecular weight excluding hydrogens is 593 g/mol. The third-order valence-corrected chi connectivity index (χ3v) is 9.09. The Morgan fingerprint density at radius 2 is 1.63 bits per heavy atom. The second-order valence-electron chi connectivity index (χ2n) is 11.1. The number of nitrogens with one attached hydrogen (secondary N) is 1. The summed E-state index contributed by atoms with van der Waals surface area (Å²) in [7, 11) is 0. The van der Waals surface area contributed by atoms with Gasteiger partial charge in [-0.2, -0.15) is 0 Å².